The van der Waals surface area contributed by atoms with Gasteiger partial charge in [0.2, 0.25) is 0 Å². The maximum Gasteiger partial charge on any atom is 0.114 e. The van der Waals surface area contributed by atoms with Crippen LogP contribution in [-0.4, -0.2) is 8.07 Å². The number of aryl methyl sites for hydroxylation is 2. The number of hydrogen-bond acceptors (Lipinski definition) is 2. The van der Waals surface area contributed by atoms with Gasteiger partial charge in [-0.3, -0.25) is 0 Å². The number of nitrogens with zero attached hydrogens (tertiary/aromatic N) is 1. The van der Waals surface area contributed by atoms with E-state index in [0.29, 0.717) is 0 Å². The standard InChI is InChI=1S/C47H38NPSSi/c1-31-22-25-41-39(28-31)47(37-18-10-8-16-35(37)36-17-9-11-19-38(36)47)40-29-32(2)23-26-42(40)48(41)33-24-27-44-46(30-33)51(3,4)45-21-13-12-20-43(45)49(44,50)34-14-6-5-7-15-34/h5-30H,1-4H3. The summed E-state index contributed by atoms with van der Waals surface area (Å²) in [7, 11) is -2.14. The highest BCUT2D eigenvalue weighted by Gasteiger charge is 2.52. The quantitative estimate of drug-likeness (QED) is 0.130. The molecule has 1 nitrogen and oxygen atoms in total. The van der Waals surface area contributed by atoms with Crippen LogP contribution < -0.4 is 31.2 Å². The van der Waals surface area contributed by atoms with Crippen molar-refractivity contribution in [1.29, 1.82) is 0 Å². The average Bonchev–Trinajstić information content (AvgIpc) is 3.46. The van der Waals surface area contributed by atoms with E-state index in [1.807, 2.05) is 0 Å². The average molecular weight is 708 g/mol. The summed E-state index contributed by atoms with van der Waals surface area (Å²) in [4.78, 5) is 2.55. The van der Waals surface area contributed by atoms with Crippen LogP contribution >= 0.6 is 6.04 Å². The van der Waals surface area contributed by atoms with Gasteiger partial charge in [0.25, 0.3) is 0 Å². The number of rotatable bonds is 2. The summed E-state index contributed by atoms with van der Waals surface area (Å²) in [5.74, 6) is 0. The molecule has 0 saturated heterocycles. The molecule has 0 amide bonds. The van der Waals surface area contributed by atoms with Crippen molar-refractivity contribution in [3.63, 3.8) is 0 Å². The van der Waals surface area contributed by atoms with E-state index in [2.05, 4.69) is 190 Å². The van der Waals surface area contributed by atoms with Gasteiger partial charge in [0.1, 0.15) is 8.07 Å². The SMILES string of the molecule is Cc1ccc2c(c1)C1(c3ccccc3-c3ccccc31)c1cc(C)ccc1N2c1ccc2c(c1)[Si](C)(C)c1ccccc1P2(=S)c1ccccc1. The first-order chi connectivity index (χ1) is 24.8. The lowest BCUT2D eigenvalue weighted by atomic mass is 9.64. The highest BCUT2D eigenvalue weighted by Crippen LogP contribution is 2.63. The topological polar surface area (TPSA) is 3.24 Å². The molecule has 0 bridgehead atoms. The lowest BCUT2D eigenvalue weighted by molar-refractivity contribution is 0.750. The molecule has 0 aromatic heterocycles. The van der Waals surface area contributed by atoms with Crippen LogP contribution in [0.15, 0.2) is 158 Å². The Morgan fingerprint density at radius 3 is 1.67 bits per heavy atom. The largest absolute Gasteiger partial charge is 0.310 e. The molecule has 2 aliphatic heterocycles. The van der Waals surface area contributed by atoms with Crippen LogP contribution in [0.5, 0.6) is 0 Å². The molecule has 0 N–H and O–H groups in total. The molecule has 4 heteroatoms. The third-order valence-corrected chi connectivity index (χ3v) is 20.8. The molecule has 0 radical (unpaired) electrons. The van der Waals surface area contributed by atoms with Crippen molar-refractivity contribution in [3.05, 3.63) is 191 Å². The van der Waals surface area contributed by atoms with Gasteiger partial charge in [-0.25, -0.2) is 0 Å². The van der Waals surface area contributed by atoms with Crippen molar-refractivity contribution >= 4 is 69.3 Å². The maximum absolute atomic E-state index is 6.95. The fourth-order valence-corrected chi connectivity index (χ4v) is 19.6. The lowest BCUT2D eigenvalue weighted by Gasteiger charge is -2.46. The van der Waals surface area contributed by atoms with Gasteiger partial charge in [0, 0.05) is 11.7 Å². The Morgan fingerprint density at radius 1 is 0.510 bits per heavy atom. The van der Waals surface area contributed by atoms with Gasteiger partial charge in [-0.1, -0.05) is 169 Å². The van der Waals surface area contributed by atoms with Crippen LogP contribution in [0.25, 0.3) is 11.1 Å². The summed E-state index contributed by atoms with van der Waals surface area (Å²) in [5, 5.41) is 6.95. The third kappa shape index (κ3) is 4.00. The predicted octanol–water partition coefficient (Wildman–Crippen LogP) is 9.34. The third-order valence-electron chi connectivity index (χ3n) is 11.8. The lowest BCUT2D eigenvalue weighted by Crippen LogP contribution is -2.67. The molecule has 1 spiro atoms. The molecule has 51 heavy (non-hydrogen) atoms. The van der Waals surface area contributed by atoms with Crippen LogP contribution in [0, 0.1) is 13.8 Å². The van der Waals surface area contributed by atoms with Crippen LogP contribution in [0.2, 0.25) is 13.1 Å². The van der Waals surface area contributed by atoms with Gasteiger partial charge < -0.3 is 4.90 Å². The minimum absolute atomic E-state index is 0.428. The minimum atomic E-state index is -2.28. The second-order valence-corrected chi connectivity index (χ2v) is 23.7. The van der Waals surface area contributed by atoms with E-state index in [1.165, 1.54) is 87.9 Å². The molecule has 246 valence electrons. The van der Waals surface area contributed by atoms with Gasteiger partial charge in [-0.2, -0.15) is 0 Å². The molecule has 1 atom stereocenters. The fraction of sp³-hybridized carbons (Fsp3) is 0.106. The van der Waals surface area contributed by atoms with E-state index in [1.54, 1.807) is 0 Å². The number of fused-ring (bicyclic) bond motifs is 11. The first-order valence-corrected chi connectivity index (χ1v) is 23.7. The number of benzene rings is 7. The van der Waals surface area contributed by atoms with Crippen molar-refractivity contribution in [2.24, 2.45) is 0 Å². The van der Waals surface area contributed by atoms with Crippen molar-refractivity contribution in [1.82, 2.24) is 0 Å². The van der Waals surface area contributed by atoms with Crippen LogP contribution in [0.1, 0.15) is 33.4 Å². The van der Waals surface area contributed by atoms with E-state index in [0.717, 1.165) is 0 Å². The molecular weight excluding hydrogens is 670 g/mol. The Balaban J connectivity index is 1.28. The molecule has 7 aromatic rings. The maximum atomic E-state index is 6.95. The van der Waals surface area contributed by atoms with E-state index in [4.69, 9.17) is 11.8 Å². The normalized spacial score (nSPS) is 18.2. The molecule has 3 aliphatic rings. The van der Waals surface area contributed by atoms with Crippen LogP contribution in [-0.2, 0) is 17.2 Å². The van der Waals surface area contributed by atoms with Crippen LogP contribution in [0.3, 0.4) is 0 Å². The van der Waals surface area contributed by atoms with Gasteiger partial charge in [-0.15, -0.1) is 0 Å². The van der Waals surface area contributed by atoms with Crippen LogP contribution in [0.4, 0.5) is 17.1 Å². The van der Waals surface area contributed by atoms with Gasteiger partial charge in [0.05, 0.1) is 16.8 Å². The molecule has 0 fully saturated rings. The molecule has 0 saturated carbocycles. The molecule has 7 aromatic carbocycles. The zero-order valence-corrected chi connectivity index (χ0v) is 32.0. The smallest absolute Gasteiger partial charge is 0.114 e. The number of anilines is 3. The summed E-state index contributed by atoms with van der Waals surface area (Å²) in [5.41, 5.74) is 13.8. The van der Waals surface area contributed by atoms with E-state index < -0.39 is 19.5 Å². The Bertz CT molecular complexity index is 2540. The predicted molar refractivity (Wildman–Crippen MR) is 224 cm³/mol. The highest BCUT2D eigenvalue weighted by atomic mass is 32.4. The van der Waals surface area contributed by atoms with Gasteiger partial charge in [0.15, 0.2) is 0 Å². The highest BCUT2D eigenvalue weighted by molar-refractivity contribution is 8.26. The Labute approximate surface area is 307 Å². The summed E-state index contributed by atoms with van der Waals surface area (Å²) >= 11 is 6.95. The van der Waals surface area contributed by atoms with Gasteiger partial charge in [-0.05, 0) is 97.8 Å². The summed E-state index contributed by atoms with van der Waals surface area (Å²) in [6.07, 6.45) is 0. The molecular formula is C47H38NPSSi. The monoisotopic (exact) mass is 707 g/mol. The number of hydrogen-bond donors (Lipinski definition) is 0. The fourth-order valence-electron chi connectivity index (χ4n) is 9.56. The molecule has 10 rings (SSSR count). The van der Waals surface area contributed by atoms with Gasteiger partial charge >= 0.3 is 0 Å². The van der Waals surface area contributed by atoms with E-state index >= 15 is 0 Å². The van der Waals surface area contributed by atoms with Crippen molar-refractivity contribution in [3.8, 4) is 11.1 Å². The summed E-state index contributed by atoms with van der Waals surface area (Å²) in [6.45, 7) is 9.50. The Hall–Kier alpha value is -4.79. The van der Waals surface area contributed by atoms with Crippen molar-refractivity contribution in [2.45, 2.75) is 32.4 Å². The zero-order valence-electron chi connectivity index (χ0n) is 29.3. The first-order valence-electron chi connectivity index (χ1n) is 17.9. The summed E-state index contributed by atoms with van der Waals surface area (Å²) < 4.78 is 0. The Morgan fingerprint density at radius 2 is 1.04 bits per heavy atom. The first kappa shape index (κ1) is 31.0. The van der Waals surface area contributed by atoms with E-state index in [-0.39, 0.29) is 0 Å². The van der Waals surface area contributed by atoms with Crippen molar-refractivity contribution in [2.75, 3.05) is 4.90 Å². The van der Waals surface area contributed by atoms with Crippen molar-refractivity contribution < 1.29 is 0 Å². The molecule has 1 aliphatic carbocycles. The van der Waals surface area contributed by atoms with E-state index in [9.17, 15) is 0 Å². The second kappa shape index (κ2) is 10.9. The zero-order chi connectivity index (χ0) is 34.7. The molecule has 2 heterocycles. The minimum Gasteiger partial charge on any atom is -0.310 e. The second-order valence-electron chi connectivity index (χ2n) is 15.0. The Kier molecular flexibility index (Phi) is 6.60. The summed E-state index contributed by atoms with van der Waals surface area (Å²) in [6, 6.07) is 57.4. The molecule has 1 unspecified atom stereocenters.